The fraction of sp³-hybridized carbons (Fsp3) is 0.810. The molecule has 160 valence electrons. The minimum atomic E-state index is -0.592. The fourth-order valence-electron chi connectivity index (χ4n) is 7.39. The molecule has 6 atom stereocenters. The Morgan fingerprint density at radius 1 is 0.931 bits per heavy atom. The molecule has 4 aliphatic carbocycles. The molecule has 0 aromatic rings. The summed E-state index contributed by atoms with van der Waals surface area (Å²) in [5.74, 6) is 2.72. The molecule has 0 aromatic carbocycles. The highest BCUT2D eigenvalue weighted by Gasteiger charge is 2.59. The molecule has 0 radical (unpaired) electrons. The van der Waals surface area contributed by atoms with E-state index in [1.165, 1.54) is 19.3 Å². The maximum atomic E-state index is 11.1. The van der Waals surface area contributed by atoms with Gasteiger partial charge in [0.1, 0.15) is 0 Å². The third kappa shape index (κ3) is 3.40. The molecule has 4 rings (SSSR count). The highest BCUT2D eigenvalue weighted by molar-refractivity contribution is 5.93. The first-order valence-corrected chi connectivity index (χ1v) is 11.0. The molecule has 0 bridgehead atoms. The molecule has 8 nitrogen and oxygen atoms in total. The average molecular weight is 403 g/mol. The smallest absolute Gasteiger partial charge is 0.332 e. The number of rotatable bonds is 2. The Kier molecular flexibility index (Phi) is 5.07. The molecule has 0 aliphatic heterocycles. The number of hydrazone groups is 2. The first kappa shape index (κ1) is 20.2. The number of nitrogens with one attached hydrogen (secondary N) is 2. The number of amides is 4. The monoisotopic (exact) mass is 402 g/mol. The number of primary amides is 2. The largest absolute Gasteiger partial charge is 0.350 e. The van der Waals surface area contributed by atoms with E-state index in [2.05, 4.69) is 34.9 Å². The number of carbonyl (C=O) groups excluding carboxylic acids is 2. The lowest BCUT2D eigenvalue weighted by Crippen LogP contribution is -2.53. The van der Waals surface area contributed by atoms with Crippen molar-refractivity contribution in [1.82, 2.24) is 10.9 Å². The van der Waals surface area contributed by atoms with Crippen LogP contribution in [0.1, 0.15) is 71.6 Å². The molecule has 29 heavy (non-hydrogen) atoms. The zero-order valence-electron chi connectivity index (χ0n) is 17.5. The van der Waals surface area contributed by atoms with Gasteiger partial charge in [-0.2, -0.15) is 10.2 Å². The lowest BCUT2D eigenvalue weighted by atomic mass is 9.45. The second-order valence-electron chi connectivity index (χ2n) is 10.0. The summed E-state index contributed by atoms with van der Waals surface area (Å²) < 4.78 is 0. The van der Waals surface area contributed by atoms with Crippen LogP contribution in [-0.2, 0) is 0 Å². The van der Waals surface area contributed by atoms with Gasteiger partial charge in [0.05, 0.1) is 0 Å². The summed E-state index contributed by atoms with van der Waals surface area (Å²) in [4.78, 5) is 22.1. The van der Waals surface area contributed by atoms with E-state index in [9.17, 15) is 9.59 Å². The Bertz CT molecular complexity index is 764. The number of nitrogens with two attached hydrogens (primary N) is 2. The SMILES string of the molecule is CC12CCC3C(CCC4C/C(=N/NC(N)=O)CCC43C)C1CCC2=NNC(N)=O. The van der Waals surface area contributed by atoms with Crippen LogP contribution in [0.25, 0.3) is 0 Å². The fourth-order valence-corrected chi connectivity index (χ4v) is 7.39. The average Bonchev–Trinajstić information content (AvgIpc) is 3.01. The van der Waals surface area contributed by atoms with Gasteiger partial charge < -0.3 is 11.5 Å². The molecule has 0 heterocycles. The summed E-state index contributed by atoms with van der Waals surface area (Å²) in [6.45, 7) is 4.84. The number of urea groups is 2. The molecule has 4 amide bonds. The van der Waals surface area contributed by atoms with Crippen molar-refractivity contribution < 1.29 is 9.59 Å². The quantitative estimate of drug-likeness (QED) is 0.528. The molecule has 6 N–H and O–H groups in total. The number of hydrogen-bond donors (Lipinski definition) is 4. The van der Waals surface area contributed by atoms with Crippen LogP contribution in [0.2, 0.25) is 0 Å². The van der Waals surface area contributed by atoms with Gasteiger partial charge in [0, 0.05) is 16.8 Å². The summed E-state index contributed by atoms with van der Waals surface area (Å²) in [6, 6.07) is -1.18. The molecular weight excluding hydrogens is 368 g/mol. The molecule has 4 aliphatic rings. The first-order valence-electron chi connectivity index (χ1n) is 11.0. The topological polar surface area (TPSA) is 135 Å². The maximum absolute atomic E-state index is 11.1. The van der Waals surface area contributed by atoms with Crippen molar-refractivity contribution in [3.63, 3.8) is 0 Å². The summed E-state index contributed by atoms with van der Waals surface area (Å²) in [5, 5.41) is 8.64. The van der Waals surface area contributed by atoms with Crippen molar-refractivity contribution in [2.24, 2.45) is 56.2 Å². The maximum Gasteiger partial charge on any atom is 0.332 e. The molecule has 4 fully saturated rings. The molecule has 8 heteroatoms. The Morgan fingerprint density at radius 2 is 1.66 bits per heavy atom. The molecule has 0 saturated heterocycles. The van der Waals surface area contributed by atoms with Crippen LogP contribution in [0.3, 0.4) is 0 Å². The number of fused-ring (bicyclic) bond motifs is 5. The predicted molar refractivity (Wildman–Crippen MR) is 112 cm³/mol. The van der Waals surface area contributed by atoms with Gasteiger partial charge in [0.25, 0.3) is 0 Å². The van der Waals surface area contributed by atoms with Crippen LogP contribution in [0, 0.1) is 34.5 Å². The predicted octanol–water partition coefficient (Wildman–Crippen LogP) is 3.08. The van der Waals surface area contributed by atoms with Gasteiger partial charge in [-0.15, -0.1) is 0 Å². The number of hydrogen-bond acceptors (Lipinski definition) is 4. The van der Waals surface area contributed by atoms with Gasteiger partial charge in [-0.3, -0.25) is 0 Å². The van der Waals surface area contributed by atoms with Gasteiger partial charge in [-0.1, -0.05) is 13.8 Å². The molecule has 0 aromatic heterocycles. The number of nitrogens with zero attached hydrogens (tertiary/aromatic N) is 2. The van der Waals surface area contributed by atoms with E-state index >= 15 is 0 Å². The van der Waals surface area contributed by atoms with Crippen LogP contribution in [-0.4, -0.2) is 23.5 Å². The highest BCUT2D eigenvalue weighted by Crippen LogP contribution is 2.65. The normalized spacial score (nSPS) is 43.9. The molecular formula is C21H34N6O2. The Hall–Kier alpha value is -2.12. The summed E-state index contributed by atoms with van der Waals surface area (Å²) >= 11 is 0. The van der Waals surface area contributed by atoms with E-state index in [1.807, 2.05) is 0 Å². The van der Waals surface area contributed by atoms with Gasteiger partial charge in [0.15, 0.2) is 0 Å². The van der Waals surface area contributed by atoms with Gasteiger partial charge in [-0.05, 0) is 86.9 Å². The van der Waals surface area contributed by atoms with Crippen LogP contribution < -0.4 is 22.3 Å². The summed E-state index contributed by atoms with van der Waals surface area (Å²) in [6.07, 6.45) is 9.96. The van der Waals surface area contributed by atoms with E-state index < -0.39 is 12.1 Å². The van der Waals surface area contributed by atoms with E-state index in [-0.39, 0.29) is 5.41 Å². The van der Waals surface area contributed by atoms with Crippen molar-refractivity contribution in [3.8, 4) is 0 Å². The van der Waals surface area contributed by atoms with Crippen molar-refractivity contribution in [2.45, 2.75) is 71.6 Å². The Balaban J connectivity index is 1.51. The van der Waals surface area contributed by atoms with Crippen LogP contribution in [0.5, 0.6) is 0 Å². The van der Waals surface area contributed by atoms with Crippen molar-refractivity contribution in [3.05, 3.63) is 0 Å². The second-order valence-corrected chi connectivity index (χ2v) is 10.0. The standard InChI is InChI=1S/C21H34N6O2/c1-20-9-7-13(24-26-18(22)28)11-12(20)3-4-14-15-5-6-17(25-27-19(23)29)21(15,2)10-8-16(14)20/h12,14-16H,3-11H2,1-2H3,(H3,22,26,28)(H3,23,27,29)/b24-13+,25-17?. The van der Waals surface area contributed by atoms with Crippen molar-refractivity contribution >= 4 is 23.5 Å². The Labute approximate surface area is 172 Å². The zero-order chi connectivity index (χ0) is 20.8. The molecule has 4 saturated carbocycles. The summed E-state index contributed by atoms with van der Waals surface area (Å²) in [7, 11) is 0. The third-order valence-corrected chi connectivity index (χ3v) is 8.87. The van der Waals surface area contributed by atoms with Crippen LogP contribution >= 0.6 is 0 Å². The second kappa shape index (κ2) is 7.29. The molecule has 6 unspecified atom stereocenters. The van der Waals surface area contributed by atoms with Gasteiger partial charge in [-0.25, -0.2) is 20.4 Å². The van der Waals surface area contributed by atoms with E-state index in [0.29, 0.717) is 17.3 Å². The third-order valence-electron chi connectivity index (χ3n) is 8.87. The van der Waals surface area contributed by atoms with Gasteiger partial charge >= 0.3 is 12.1 Å². The minimum absolute atomic E-state index is 0.0828. The van der Waals surface area contributed by atoms with E-state index in [0.717, 1.165) is 61.8 Å². The summed E-state index contributed by atoms with van der Waals surface area (Å²) in [5.41, 5.74) is 17.9. The zero-order valence-corrected chi connectivity index (χ0v) is 17.5. The number of carbonyl (C=O) groups is 2. The van der Waals surface area contributed by atoms with Gasteiger partial charge in [0.2, 0.25) is 0 Å². The van der Waals surface area contributed by atoms with Crippen molar-refractivity contribution in [1.29, 1.82) is 0 Å². The van der Waals surface area contributed by atoms with E-state index in [1.54, 1.807) is 0 Å². The lowest BCUT2D eigenvalue weighted by Gasteiger charge is -2.59. The van der Waals surface area contributed by atoms with Crippen LogP contribution in [0.4, 0.5) is 9.59 Å². The molecule has 0 spiro atoms. The highest BCUT2D eigenvalue weighted by atomic mass is 16.2. The Morgan fingerprint density at radius 3 is 2.38 bits per heavy atom. The first-order chi connectivity index (χ1) is 13.7. The van der Waals surface area contributed by atoms with E-state index in [4.69, 9.17) is 11.5 Å². The van der Waals surface area contributed by atoms with Crippen LogP contribution in [0.15, 0.2) is 10.2 Å². The minimum Gasteiger partial charge on any atom is -0.350 e. The lowest BCUT2D eigenvalue weighted by molar-refractivity contribution is -0.0815. The van der Waals surface area contributed by atoms with Crippen molar-refractivity contribution in [2.75, 3.05) is 0 Å².